The molecule has 82 valence electrons. The van der Waals surface area contributed by atoms with Crippen LogP contribution < -0.4 is 10.5 Å². The third-order valence-electron chi connectivity index (χ3n) is 3.20. The SMILES string of the molecule is COc1cccc(Cl)c1C1(CCN)CC1. The average molecular weight is 226 g/mol. The van der Waals surface area contributed by atoms with Crippen LogP contribution in [0.2, 0.25) is 5.02 Å². The first-order chi connectivity index (χ1) is 7.23. The van der Waals surface area contributed by atoms with Crippen LogP contribution in [0.4, 0.5) is 0 Å². The van der Waals surface area contributed by atoms with E-state index in [1.165, 1.54) is 12.8 Å². The third kappa shape index (κ3) is 1.84. The summed E-state index contributed by atoms with van der Waals surface area (Å²) in [6.45, 7) is 0.703. The maximum atomic E-state index is 6.25. The number of halogens is 1. The number of hydrogen-bond acceptors (Lipinski definition) is 2. The molecule has 0 aliphatic heterocycles. The van der Waals surface area contributed by atoms with Crippen LogP contribution >= 0.6 is 11.6 Å². The molecule has 3 heteroatoms. The molecule has 1 aromatic carbocycles. The van der Waals surface area contributed by atoms with Gasteiger partial charge in [-0.05, 0) is 37.9 Å². The van der Waals surface area contributed by atoms with E-state index >= 15 is 0 Å². The molecule has 0 bridgehead atoms. The molecule has 0 radical (unpaired) electrons. The summed E-state index contributed by atoms with van der Waals surface area (Å²) in [6.07, 6.45) is 3.34. The van der Waals surface area contributed by atoms with Crippen LogP contribution in [0.1, 0.15) is 24.8 Å². The summed E-state index contributed by atoms with van der Waals surface area (Å²) in [7, 11) is 1.69. The Kier molecular flexibility index (Phi) is 2.89. The van der Waals surface area contributed by atoms with Crippen LogP contribution in [0.25, 0.3) is 0 Å². The second kappa shape index (κ2) is 4.03. The van der Waals surface area contributed by atoms with Gasteiger partial charge in [0.05, 0.1) is 7.11 Å². The van der Waals surface area contributed by atoms with Gasteiger partial charge in [-0.2, -0.15) is 0 Å². The van der Waals surface area contributed by atoms with Crippen molar-refractivity contribution in [3.63, 3.8) is 0 Å². The van der Waals surface area contributed by atoms with Crippen LogP contribution in [0.5, 0.6) is 5.75 Å². The molecule has 1 fully saturated rings. The Morgan fingerprint density at radius 1 is 1.47 bits per heavy atom. The quantitative estimate of drug-likeness (QED) is 0.855. The van der Waals surface area contributed by atoms with E-state index in [9.17, 15) is 0 Å². The van der Waals surface area contributed by atoms with E-state index in [0.717, 1.165) is 22.8 Å². The van der Waals surface area contributed by atoms with Crippen molar-refractivity contribution >= 4 is 11.6 Å². The Bertz CT molecular complexity index is 361. The van der Waals surface area contributed by atoms with Crippen molar-refractivity contribution in [2.24, 2.45) is 5.73 Å². The molecule has 15 heavy (non-hydrogen) atoms. The molecule has 0 saturated heterocycles. The second-order valence-corrected chi connectivity index (χ2v) is 4.54. The van der Waals surface area contributed by atoms with Gasteiger partial charge in [0.15, 0.2) is 0 Å². The van der Waals surface area contributed by atoms with Gasteiger partial charge in [0.1, 0.15) is 5.75 Å². The minimum atomic E-state index is 0.193. The third-order valence-corrected chi connectivity index (χ3v) is 3.52. The lowest BCUT2D eigenvalue weighted by atomic mass is 9.91. The minimum Gasteiger partial charge on any atom is -0.496 e. The zero-order chi connectivity index (χ0) is 10.9. The lowest BCUT2D eigenvalue weighted by Gasteiger charge is -2.19. The molecular formula is C12H16ClNO. The van der Waals surface area contributed by atoms with Gasteiger partial charge in [0, 0.05) is 16.0 Å². The zero-order valence-corrected chi connectivity index (χ0v) is 9.68. The lowest BCUT2D eigenvalue weighted by molar-refractivity contribution is 0.402. The van der Waals surface area contributed by atoms with Gasteiger partial charge in [-0.1, -0.05) is 17.7 Å². The highest BCUT2D eigenvalue weighted by Gasteiger charge is 2.46. The molecule has 0 atom stereocenters. The van der Waals surface area contributed by atoms with Gasteiger partial charge >= 0.3 is 0 Å². The van der Waals surface area contributed by atoms with Crippen molar-refractivity contribution in [2.45, 2.75) is 24.7 Å². The molecule has 2 nitrogen and oxygen atoms in total. The summed E-state index contributed by atoms with van der Waals surface area (Å²) in [6, 6.07) is 5.82. The fraction of sp³-hybridized carbons (Fsp3) is 0.500. The van der Waals surface area contributed by atoms with Crippen molar-refractivity contribution in [3.05, 3.63) is 28.8 Å². The summed E-state index contributed by atoms with van der Waals surface area (Å²) in [5.74, 6) is 0.897. The summed E-state index contributed by atoms with van der Waals surface area (Å²) in [4.78, 5) is 0. The molecule has 1 aliphatic rings. The predicted octanol–water partition coefficient (Wildman–Crippen LogP) is 2.73. The Hall–Kier alpha value is -0.730. The van der Waals surface area contributed by atoms with Crippen LogP contribution in [0, 0.1) is 0 Å². The predicted molar refractivity (Wildman–Crippen MR) is 62.6 cm³/mol. The average Bonchev–Trinajstić information content (AvgIpc) is 2.98. The van der Waals surface area contributed by atoms with E-state index in [1.54, 1.807) is 7.11 Å². The number of rotatable bonds is 4. The van der Waals surface area contributed by atoms with Gasteiger partial charge in [-0.3, -0.25) is 0 Å². The Labute approximate surface area is 95.4 Å². The molecule has 1 saturated carbocycles. The van der Waals surface area contributed by atoms with E-state index in [4.69, 9.17) is 22.1 Å². The minimum absolute atomic E-state index is 0.193. The van der Waals surface area contributed by atoms with E-state index < -0.39 is 0 Å². The fourth-order valence-electron chi connectivity index (χ4n) is 2.24. The molecule has 0 spiro atoms. The molecule has 0 aromatic heterocycles. The molecule has 0 unspecified atom stereocenters. The number of hydrogen-bond donors (Lipinski definition) is 1. The summed E-state index contributed by atoms with van der Waals surface area (Å²) in [5, 5.41) is 0.806. The Morgan fingerprint density at radius 3 is 2.73 bits per heavy atom. The van der Waals surface area contributed by atoms with Gasteiger partial charge in [-0.25, -0.2) is 0 Å². The van der Waals surface area contributed by atoms with Crippen molar-refractivity contribution < 1.29 is 4.74 Å². The first-order valence-corrected chi connectivity index (χ1v) is 5.64. The molecule has 0 amide bonds. The van der Waals surface area contributed by atoms with Crippen molar-refractivity contribution in [3.8, 4) is 5.75 Å². The highest BCUT2D eigenvalue weighted by molar-refractivity contribution is 6.31. The highest BCUT2D eigenvalue weighted by Crippen LogP contribution is 2.55. The topological polar surface area (TPSA) is 35.2 Å². The van der Waals surface area contributed by atoms with Crippen LogP contribution in [-0.4, -0.2) is 13.7 Å². The van der Waals surface area contributed by atoms with Crippen molar-refractivity contribution in [1.82, 2.24) is 0 Å². The maximum Gasteiger partial charge on any atom is 0.124 e. The largest absolute Gasteiger partial charge is 0.496 e. The van der Waals surface area contributed by atoms with Gasteiger partial charge in [0.2, 0.25) is 0 Å². The van der Waals surface area contributed by atoms with Crippen molar-refractivity contribution in [2.75, 3.05) is 13.7 Å². The molecule has 2 N–H and O–H groups in total. The fourth-order valence-corrected chi connectivity index (χ4v) is 2.61. The number of methoxy groups -OCH3 is 1. The van der Waals surface area contributed by atoms with Gasteiger partial charge < -0.3 is 10.5 Å². The molecule has 0 heterocycles. The van der Waals surface area contributed by atoms with E-state index in [1.807, 2.05) is 18.2 Å². The number of benzene rings is 1. The van der Waals surface area contributed by atoms with Crippen LogP contribution in [0.3, 0.4) is 0 Å². The molecule has 2 rings (SSSR count). The van der Waals surface area contributed by atoms with Gasteiger partial charge in [0.25, 0.3) is 0 Å². The summed E-state index contributed by atoms with van der Waals surface area (Å²) < 4.78 is 5.37. The van der Waals surface area contributed by atoms with Gasteiger partial charge in [-0.15, -0.1) is 0 Å². The molecule has 1 aliphatic carbocycles. The van der Waals surface area contributed by atoms with Crippen molar-refractivity contribution in [1.29, 1.82) is 0 Å². The summed E-state index contributed by atoms with van der Waals surface area (Å²) >= 11 is 6.25. The normalized spacial score (nSPS) is 17.5. The Morgan fingerprint density at radius 2 is 2.20 bits per heavy atom. The lowest BCUT2D eigenvalue weighted by Crippen LogP contribution is -2.15. The smallest absolute Gasteiger partial charge is 0.124 e. The van der Waals surface area contributed by atoms with Crippen LogP contribution in [-0.2, 0) is 5.41 Å². The van der Waals surface area contributed by atoms with E-state index in [-0.39, 0.29) is 5.41 Å². The standard InChI is InChI=1S/C12H16ClNO/c1-15-10-4-2-3-9(13)11(10)12(5-6-12)7-8-14/h2-4H,5-8,14H2,1H3. The molecular weight excluding hydrogens is 210 g/mol. The second-order valence-electron chi connectivity index (χ2n) is 4.14. The number of ether oxygens (including phenoxy) is 1. The highest BCUT2D eigenvalue weighted by atomic mass is 35.5. The zero-order valence-electron chi connectivity index (χ0n) is 8.92. The molecule has 1 aromatic rings. The van der Waals surface area contributed by atoms with Crippen LogP contribution in [0.15, 0.2) is 18.2 Å². The van der Waals surface area contributed by atoms with E-state index in [2.05, 4.69) is 0 Å². The van der Waals surface area contributed by atoms with E-state index in [0.29, 0.717) is 6.54 Å². The Balaban J connectivity index is 2.42. The monoisotopic (exact) mass is 225 g/mol. The maximum absolute atomic E-state index is 6.25. The number of nitrogens with two attached hydrogens (primary N) is 1. The first kappa shape index (κ1) is 10.8. The first-order valence-electron chi connectivity index (χ1n) is 5.26. The summed E-state index contributed by atoms with van der Waals surface area (Å²) in [5.41, 5.74) is 7.00.